The molecule has 22 heavy (non-hydrogen) atoms. The van der Waals surface area contributed by atoms with Gasteiger partial charge in [-0.25, -0.2) is 13.2 Å². The molecule has 0 spiro atoms. The highest BCUT2D eigenvalue weighted by atomic mass is 35.5. The Hall–Kier alpha value is -1.16. The summed E-state index contributed by atoms with van der Waals surface area (Å²) in [5.41, 5.74) is -1.34. The van der Waals surface area contributed by atoms with Crippen molar-refractivity contribution < 1.29 is 8.42 Å². The van der Waals surface area contributed by atoms with Gasteiger partial charge < -0.3 is 9.88 Å². The van der Waals surface area contributed by atoms with Gasteiger partial charge in [-0.2, -0.15) is 4.31 Å². The minimum atomic E-state index is -3.90. The number of halogens is 1. The van der Waals surface area contributed by atoms with Crippen LogP contribution >= 0.6 is 12.4 Å². The second-order valence-electron chi connectivity index (χ2n) is 5.24. The predicted octanol–water partition coefficient (Wildman–Crippen LogP) is -1.12. The fourth-order valence-electron chi connectivity index (χ4n) is 2.49. The van der Waals surface area contributed by atoms with Crippen LogP contribution in [0.5, 0.6) is 0 Å². The molecule has 1 aromatic heterocycles. The van der Waals surface area contributed by atoms with E-state index in [9.17, 15) is 18.0 Å². The van der Waals surface area contributed by atoms with Crippen LogP contribution in [0.4, 0.5) is 0 Å². The largest absolute Gasteiger partial charge is 0.330 e. The van der Waals surface area contributed by atoms with Crippen LogP contribution in [0, 0.1) is 0 Å². The maximum Gasteiger partial charge on any atom is 0.330 e. The molecule has 1 aromatic rings. The molecule has 0 aliphatic carbocycles. The molecular weight excluding hydrogens is 332 g/mol. The first-order valence-electron chi connectivity index (χ1n) is 6.73. The third-order valence-corrected chi connectivity index (χ3v) is 5.67. The molecule has 1 aliphatic heterocycles. The highest BCUT2D eigenvalue weighted by molar-refractivity contribution is 7.89. The quantitative estimate of drug-likeness (QED) is 0.743. The van der Waals surface area contributed by atoms with Crippen molar-refractivity contribution in [2.24, 2.45) is 14.1 Å². The van der Waals surface area contributed by atoms with Gasteiger partial charge in [0.05, 0.1) is 0 Å². The molecule has 0 aromatic carbocycles. The minimum absolute atomic E-state index is 0. The molecule has 8 nitrogen and oxygen atoms in total. The van der Waals surface area contributed by atoms with Crippen molar-refractivity contribution in [2.75, 3.05) is 20.1 Å². The van der Waals surface area contributed by atoms with Gasteiger partial charge >= 0.3 is 5.69 Å². The highest BCUT2D eigenvalue weighted by Crippen LogP contribution is 2.18. The standard InChI is InChI=1S/C12H20N4O4S.ClH/c1-13-9-5-4-6-16(7-9)21(19,20)10-8-14(2)12(18)15(3)11(10)17;/h8-9,13H,4-7H2,1-3H3;1H. The van der Waals surface area contributed by atoms with Crippen LogP contribution in [0.2, 0.25) is 0 Å². The Kier molecular flexibility index (Phi) is 5.96. The second kappa shape index (κ2) is 6.95. The Morgan fingerprint density at radius 3 is 2.50 bits per heavy atom. The molecule has 0 radical (unpaired) electrons. The molecule has 2 heterocycles. The van der Waals surface area contributed by atoms with Gasteiger partial charge in [-0.3, -0.25) is 9.36 Å². The first-order chi connectivity index (χ1) is 9.78. The summed E-state index contributed by atoms with van der Waals surface area (Å²) < 4.78 is 28.5. The van der Waals surface area contributed by atoms with Crippen molar-refractivity contribution in [1.29, 1.82) is 0 Å². The summed E-state index contributed by atoms with van der Waals surface area (Å²) in [6, 6.07) is 0.0740. The lowest BCUT2D eigenvalue weighted by Gasteiger charge is -2.31. The number of nitrogens with zero attached hydrogens (tertiary/aromatic N) is 3. The van der Waals surface area contributed by atoms with E-state index in [1.807, 2.05) is 0 Å². The monoisotopic (exact) mass is 352 g/mol. The zero-order valence-electron chi connectivity index (χ0n) is 12.8. The maximum absolute atomic E-state index is 12.7. The number of sulfonamides is 1. The van der Waals surface area contributed by atoms with E-state index in [0.717, 1.165) is 28.2 Å². The molecule has 10 heteroatoms. The second-order valence-corrected chi connectivity index (χ2v) is 7.15. The number of nitrogens with one attached hydrogen (secondary N) is 1. The summed E-state index contributed by atoms with van der Waals surface area (Å²) >= 11 is 0. The number of aryl methyl sites for hydroxylation is 1. The fraction of sp³-hybridized carbons (Fsp3) is 0.667. The van der Waals surface area contributed by atoms with E-state index in [1.165, 1.54) is 18.4 Å². The third kappa shape index (κ3) is 3.27. The SMILES string of the molecule is CNC1CCCN(S(=O)(=O)c2cn(C)c(=O)n(C)c2=O)C1.Cl. The third-order valence-electron chi connectivity index (χ3n) is 3.83. The van der Waals surface area contributed by atoms with Crippen LogP contribution < -0.4 is 16.6 Å². The van der Waals surface area contributed by atoms with E-state index in [1.54, 1.807) is 7.05 Å². The van der Waals surface area contributed by atoms with E-state index in [-0.39, 0.29) is 23.3 Å². The van der Waals surface area contributed by atoms with Crippen LogP contribution in [0.25, 0.3) is 0 Å². The van der Waals surface area contributed by atoms with Crippen LogP contribution in [0.1, 0.15) is 12.8 Å². The smallest absolute Gasteiger partial charge is 0.316 e. The predicted molar refractivity (Wildman–Crippen MR) is 85.0 cm³/mol. The molecule has 0 amide bonds. The average Bonchev–Trinajstić information content (AvgIpc) is 2.48. The first-order valence-corrected chi connectivity index (χ1v) is 8.17. The Bertz CT molecular complexity index is 755. The molecule has 2 rings (SSSR count). The summed E-state index contributed by atoms with van der Waals surface area (Å²) in [6.45, 7) is 0.706. The molecule has 126 valence electrons. The summed E-state index contributed by atoms with van der Waals surface area (Å²) in [7, 11) is 0.585. The lowest BCUT2D eigenvalue weighted by molar-refractivity contribution is 0.292. The lowest BCUT2D eigenvalue weighted by atomic mass is 10.1. The fourth-order valence-corrected chi connectivity index (χ4v) is 4.16. The van der Waals surface area contributed by atoms with Gasteiger partial charge in [-0.05, 0) is 19.9 Å². The van der Waals surface area contributed by atoms with Crippen molar-refractivity contribution in [3.63, 3.8) is 0 Å². The van der Waals surface area contributed by atoms with Gasteiger partial charge in [0.2, 0.25) is 10.0 Å². The zero-order valence-corrected chi connectivity index (χ0v) is 14.4. The number of piperidine rings is 1. The van der Waals surface area contributed by atoms with E-state index < -0.39 is 21.3 Å². The number of hydrogen-bond donors (Lipinski definition) is 1. The Morgan fingerprint density at radius 2 is 1.91 bits per heavy atom. The summed E-state index contributed by atoms with van der Waals surface area (Å²) in [4.78, 5) is 23.4. The maximum atomic E-state index is 12.7. The summed E-state index contributed by atoms with van der Waals surface area (Å²) in [5, 5.41) is 3.06. The van der Waals surface area contributed by atoms with Crippen molar-refractivity contribution in [1.82, 2.24) is 18.8 Å². The molecule has 1 N–H and O–H groups in total. The van der Waals surface area contributed by atoms with Crippen LogP contribution in [0.15, 0.2) is 20.7 Å². The van der Waals surface area contributed by atoms with E-state index in [4.69, 9.17) is 0 Å². The van der Waals surface area contributed by atoms with Gasteiger partial charge in [0.15, 0.2) is 4.90 Å². The topological polar surface area (TPSA) is 93.4 Å². The first kappa shape index (κ1) is 18.9. The van der Waals surface area contributed by atoms with Gasteiger partial charge in [-0.1, -0.05) is 0 Å². The average molecular weight is 353 g/mol. The van der Waals surface area contributed by atoms with Crippen molar-refractivity contribution in [3.05, 3.63) is 27.0 Å². The number of aromatic nitrogens is 2. The Labute approximate surface area is 135 Å². The highest BCUT2D eigenvalue weighted by Gasteiger charge is 2.32. The van der Waals surface area contributed by atoms with Crippen LogP contribution in [-0.4, -0.2) is 48.0 Å². The zero-order chi connectivity index (χ0) is 15.8. The minimum Gasteiger partial charge on any atom is -0.316 e. The van der Waals surface area contributed by atoms with Gasteiger partial charge in [-0.15, -0.1) is 12.4 Å². The lowest BCUT2D eigenvalue weighted by Crippen LogP contribution is -2.49. The summed E-state index contributed by atoms with van der Waals surface area (Å²) in [6.07, 6.45) is 2.73. The van der Waals surface area contributed by atoms with Crippen molar-refractivity contribution in [2.45, 2.75) is 23.8 Å². The van der Waals surface area contributed by atoms with Gasteiger partial charge in [0.25, 0.3) is 5.56 Å². The number of rotatable bonds is 3. The molecule has 0 saturated carbocycles. The van der Waals surface area contributed by atoms with E-state index in [0.29, 0.717) is 13.1 Å². The molecule has 1 saturated heterocycles. The molecule has 1 aliphatic rings. The van der Waals surface area contributed by atoms with E-state index in [2.05, 4.69) is 5.32 Å². The Balaban J connectivity index is 0.00000242. The Morgan fingerprint density at radius 1 is 1.27 bits per heavy atom. The molecule has 1 fully saturated rings. The van der Waals surface area contributed by atoms with Gasteiger partial charge in [0, 0.05) is 39.4 Å². The van der Waals surface area contributed by atoms with Crippen molar-refractivity contribution >= 4 is 22.4 Å². The van der Waals surface area contributed by atoms with Crippen LogP contribution in [0.3, 0.4) is 0 Å². The van der Waals surface area contributed by atoms with E-state index >= 15 is 0 Å². The molecular formula is C12H21ClN4O4S. The summed E-state index contributed by atoms with van der Waals surface area (Å²) in [5.74, 6) is 0. The number of likely N-dealkylation sites (N-methyl/N-ethyl adjacent to an activating group) is 1. The molecule has 1 atom stereocenters. The number of hydrogen-bond acceptors (Lipinski definition) is 5. The normalized spacial score (nSPS) is 19.7. The molecule has 1 unspecified atom stereocenters. The van der Waals surface area contributed by atoms with Crippen LogP contribution in [-0.2, 0) is 24.1 Å². The van der Waals surface area contributed by atoms with Gasteiger partial charge in [0.1, 0.15) is 0 Å². The van der Waals surface area contributed by atoms with Crippen molar-refractivity contribution in [3.8, 4) is 0 Å². The molecule has 0 bridgehead atoms.